The first kappa shape index (κ1) is 23.6. The lowest BCUT2D eigenvalue weighted by atomic mass is 10.1. The second-order valence-corrected chi connectivity index (χ2v) is 9.97. The normalized spacial score (nSPS) is 18.4. The number of para-hydroxylation sites is 1. The Kier molecular flexibility index (Phi) is 6.66. The Hall–Kier alpha value is -2.60. The first-order valence-corrected chi connectivity index (χ1v) is 12.3. The number of piperazine rings is 1. The van der Waals surface area contributed by atoms with Crippen molar-refractivity contribution in [2.24, 2.45) is 0 Å². The fraction of sp³-hybridized carbons (Fsp3) is 0.524. The number of sulfonamides is 1. The molecule has 2 fully saturated rings. The quantitative estimate of drug-likeness (QED) is 0.644. The van der Waals surface area contributed by atoms with Gasteiger partial charge in [0.15, 0.2) is 0 Å². The molecule has 3 heterocycles. The molecular formula is C21H26F3N5O3S. The maximum atomic E-state index is 13.1. The zero-order chi connectivity index (χ0) is 23.6. The highest BCUT2D eigenvalue weighted by Crippen LogP contribution is 2.32. The van der Waals surface area contributed by atoms with Crippen LogP contribution in [0.1, 0.15) is 25.1 Å². The predicted octanol–water partition coefficient (Wildman–Crippen LogP) is 3.18. The van der Waals surface area contributed by atoms with Crippen LogP contribution in [0.15, 0.2) is 35.2 Å². The van der Waals surface area contributed by atoms with Crippen LogP contribution < -0.4 is 14.5 Å². The van der Waals surface area contributed by atoms with Gasteiger partial charge in [0.1, 0.15) is 28.1 Å². The van der Waals surface area contributed by atoms with Gasteiger partial charge >= 0.3 is 6.36 Å². The van der Waals surface area contributed by atoms with Crippen molar-refractivity contribution in [2.45, 2.75) is 37.4 Å². The molecular weight excluding hydrogens is 459 g/mol. The van der Waals surface area contributed by atoms with Crippen LogP contribution in [-0.4, -0.2) is 68.3 Å². The van der Waals surface area contributed by atoms with E-state index in [0.717, 1.165) is 49.7 Å². The number of benzene rings is 1. The molecule has 33 heavy (non-hydrogen) atoms. The van der Waals surface area contributed by atoms with Gasteiger partial charge in [-0.3, -0.25) is 0 Å². The third-order valence-corrected chi connectivity index (χ3v) is 7.68. The Morgan fingerprint density at radius 2 is 1.45 bits per heavy atom. The minimum Gasteiger partial charge on any atom is -0.404 e. The molecule has 0 spiro atoms. The van der Waals surface area contributed by atoms with Gasteiger partial charge in [-0.2, -0.15) is 4.31 Å². The predicted molar refractivity (Wildman–Crippen MR) is 117 cm³/mol. The summed E-state index contributed by atoms with van der Waals surface area (Å²) in [5, 5.41) is 0. The maximum absolute atomic E-state index is 13.1. The van der Waals surface area contributed by atoms with E-state index in [-0.39, 0.29) is 13.1 Å². The Balaban J connectivity index is 1.49. The summed E-state index contributed by atoms with van der Waals surface area (Å²) in [5.74, 6) is 1.50. The van der Waals surface area contributed by atoms with Gasteiger partial charge in [-0.15, -0.1) is 13.2 Å². The number of hydrogen-bond acceptors (Lipinski definition) is 7. The van der Waals surface area contributed by atoms with Gasteiger partial charge in [0, 0.05) is 45.3 Å². The van der Waals surface area contributed by atoms with Crippen LogP contribution in [0.5, 0.6) is 5.75 Å². The first-order chi connectivity index (χ1) is 15.6. The zero-order valence-electron chi connectivity index (χ0n) is 18.3. The lowest BCUT2D eigenvalue weighted by Gasteiger charge is -2.35. The Morgan fingerprint density at radius 3 is 2.06 bits per heavy atom. The standard InChI is InChI=1S/C21H26F3N5O3S/c1-16-25-19(27-9-5-2-6-10-27)15-20(26-16)28-11-13-29(14-12-28)33(30,31)18-8-4-3-7-17(18)32-21(22,23)24/h3-4,7-8,15H,2,5-6,9-14H2,1H3. The number of nitrogens with zero attached hydrogens (tertiary/aromatic N) is 5. The van der Waals surface area contributed by atoms with Crippen molar-refractivity contribution in [1.29, 1.82) is 0 Å². The number of anilines is 2. The summed E-state index contributed by atoms with van der Waals surface area (Å²) in [6.45, 7) is 4.67. The molecule has 2 saturated heterocycles. The molecule has 0 amide bonds. The summed E-state index contributed by atoms with van der Waals surface area (Å²) < 4.78 is 69.5. The monoisotopic (exact) mass is 485 g/mol. The number of hydrogen-bond donors (Lipinski definition) is 0. The Bertz CT molecular complexity index is 1080. The van der Waals surface area contributed by atoms with E-state index in [2.05, 4.69) is 19.6 Å². The molecule has 0 unspecified atom stereocenters. The lowest BCUT2D eigenvalue weighted by molar-refractivity contribution is -0.275. The van der Waals surface area contributed by atoms with E-state index in [1.165, 1.54) is 22.9 Å². The van der Waals surface area contributed by atoms with E-state index < -0.39 is 27.0 Å². The van der Waals surface area contributed by atoms with Crippen molar-refractivity contribution < 1.29 is 26.3 Å². The fourth-order valence-electron chi connectivity index (χ4n) is 4.15. The largest absolute Gasteiger partial charge is 0.573 e. The van der Waals surface area contributed by atoms with Crippen LogP contribution in [0, 0.1) is 6.92 Å². The SMILES string of the molecule is Cc1nc(N2CCCCC2)cc(N2CCN(S(=O)(=O)c3ccccc3OC(F)(F)F)CC2)n1. The van der Waals surface area contributed by atoms with Crippen molar-refractivity contribution >= 4 is 21.7 Å². The Labute approximate surface area is 191 Å². The zero-order valence-corrected chi connectivity index (χ0v) is 19.1. The molecule has 2 aliphatic rings. The van der Waals surface area contributed by atoms with E-state index >= 15 is 0 Å². The number of rotatable bonds is 5. The van der Waals surface area contributed by atoms with Gasteiger partial charge in [0.25, 0.3) is 0 Å². The molecule has 8 nitrogen and oxygen atoms in total. The molecule has 12 heteroatoms. The summed E-state index contributed by atoms with van der Waals surface area (Å²) in [4.78, 5) is 12.8. The van der Waals surface area contributed by atoms with Crippen LogP contribution in [0.25, 0.3) is 0 Å². The minimum atomic E-state index is -4.98. The highest BCUT2D eigenvalue weighted by Gasteiger charge is 2.36. The Morgan fingerprint density at radius 1 is 0.879 bits per heavy atom. The van der Waals surface area contributed by atoms with Crippen LogP contribution in [0.3, 0.4) is 0 Å². The molecule has 0 N–H and O–H groups in total. The molecule has 180 valence electrons. The van der Waals surface area contributed by atoms with E-state index in [1.807, 2.05) is 17.9 Å². The fourth-order valence-corrected chi connectivity index (χ4v) is 5.69. The number of ether oxygens (including phenoxy) is 1. The third kappa shape index (κ3) is 5.49. The molecule has 0 saturated carbocycles. The average molecular weight is 486 g/mol. The van der Waals surface area contributed by atoms with Crippen molar-refractivity contribution in [3.8, 4) is 5.75 Å². The summed E-state index contributed by atoms with van der Waals surface area (Å²) >= 11 is 0. The van der Waals surface area contributed by atoms with Crippen LogP contribution >= 0.6 is 0 Å². The molecule has 0 bridgehead atoms. The van der Waals surface area contributed by atoms with Gasteiger partial charge in [0.05, 0.1) is 0 Å². The topological polar surface area (TPSA) is 78.9 Å². The number of halogens is 3. The van der Waals surface area contributed by atoms with Gasteiger partial charge in [-0.25, -0.2) is 18.4 Å². The molecule has 0 radical (unpaired) electrons. The number of piperidine rings is 1. The van der Waals surface area contributed by atoms with Crippen LogP contribution in [-0.2, 0) is 10.0 Å². The molecule has 1 aromatic carbocycles. The highest BCUT2D eigenvalue weighted by molar-refractivity contribution is 7.89. The number of alkyl halides is 3. The van der Waals surface area contributed by atoms with Crippen molar-refractivity contribution in [2.75, 3.05) is 49.1 Å². The number of aryl methyl sites for hydroxylation is 1. The van der Waals surface area contributed by atoms with Gasteiger partial charge in [-0.1, -0.05) is 12.1 Å². The van der Waals surface area contributed by atoms with E-state index in [0.29, 0.717) is 18.9 Å². The van der Waals surface area contributed by atoms with Crippen LogP contribution in [0.2, 0.25) is 0 Å². The van der Waals surface area contributed by atoms with Crippen molar-refractivity contribution in [3.05, 3.63) is 36.2 Å². The maximum Gasteiger partial charge on any atom is 0.573 e. The van der Waals surface area contributed by atoms with Crippen molar-refractivity contribution in [3.63, 3.8) is 0 Å². The molecule has 0 atom stereocenters. The van der Waals surface area contributed by atoms with Crippen molar-refractivity contribution in [1.82, 2.24) is 14.3 Å². The highest BCUT2D eigenvalue weighted by atomic mass is 32.2. The second-order valence-electron chi connectivity index (χ2n) is 8.06. The van der Waals surface area contributed by atoms with E-state index in [4.69, 9.17) is 0 Å². The summed E-state index contributed by atoms with van der Waals surface area (Å²) in [6.07, 6.45) is -1.54. The van der Waals surface area contributed by atoms with Crippen LogP contribution in [0.4, 0.5) is 24.8 Å². The first-order valence-electron chi connectivity index (χ1n) is 10.8. The average Bonchev–Trinajstić information content (AvgIpc) is 2.78. The van der Waals surface area contributed by atoms with Gasteiger partial charge in [0.2, 0.25) is 10.0 Å². The summed E-state index contributed by atoms with van der Waals surface area (Å²) in [5.41, 5.74) is 0. The molecule has 2 aromatic rings. The smallest absolute Gasteiger partial charge is 0.404 e. The third-order valence-electron chi connectivity index (χ3n) is 5.75. The summed E-state index contributed by atoms with van der Waals surface area (Å²) in [6, 6.07) is 6.73. The molecule has 2 aliphatic heterocycles. The number of aromatic nitrogens is 2. The minimum absolute atomic E-state index is 0.116. The molecule has 0 aliphatic carbocycles. The molecule has 4 rings (SSSR count). The van der Waals surface area contributed by atoms with Gasteiger partial charge in [-0.05, 0) is 38.3 Å². The van der Waals surface area contributed by atoms with E-state index in [1.54, 1.807) is 0 Å². The second kappa shape index (κ2) is 9.34. The summed E-state index contributed by atoms with van der Waals surface area (Å²) in [7, 11) is -4.16. The lowest BCUT2D eigenvalue weighted by Crippen LogP contribution is -2.49. The van der Waals surface area contributed by atoms with E-state index in [9.17, 15) is 21.6 Å². The molecule has 1 aromatic heterocycles. The van der Waals surface area contributed by atoms with Gasteiger partial charge < -0.3 is 14.5 Å².